The Balaban J connectivity index is 1.62. The minimum Gasteiger partial charge on any atom is -0.490 e. The van der Waals surface area contributed by atoms with Crippen LogP contribution in [0.3, 0.4) is 0 Å². The van der Waals surface area contributed by atoms with Gasteiger partial charge in [-0.3, -0.25) is 4.79 Å². The van der Waals surface area contributed by atoms with Gasteiger partial charge in [-0.15, -0.1) is 0 Å². The Kier molecular flexibility index (Phi) is 6.18. The zero-order valence-electron chi connectivity index (χ0n) is 19.2. The number of hydrogen-bond donors (Lipinski definition) is 0. The molecule has 6 heteroatoms. The highest BCUT2D eigenvalue weighted by molar-refractivity contribution is 5.88. The van der Waals surface area contributed by atoms with E-state index in [-0.39, 0.29) is 11.7 Å². The van der Waals surface area contributed by atoms with E-state index in [4.69, 9.17) is 4.74 Å². The van der Waals surface area contributed by atoms with E-state index in [2.05, 4.69) is 54.9 Å². The Hall–Kier alpha value is -3.33. The van der Waals surface area contributed by atoms with Crippen LogP contribution in [0, 0.1) is 17.2 Å². The monoisotopic (exact) mass is 430 g/mol. The summed E-state index contributed by atoms with van der Waals surface area (Å²) in [4.78, 5) is 19.4. The average molecular weight is 431 g/mol. The molecule has 0 bridgehead atoms. The lowest BCUT2D eigenvalue weighted by Gasteiger charge is -2.39. The van der Waals surface area contributed by atoms with Crippen LogP contribution in [0.15, 0.2) is 47.3 Å². The van der Waals surface area contributed by atoms with Crippen molar-refractivity contribution >= 4 is 16.7 Å². The molecule has 6 nitrogen and oxygen atoms in total. The van der Waals surface area contributed by atoms with E-state index in [0.717, 1.165) is 42.9 Å². The first-order chi connectivity index (χ1) is 15.4. The van der Waals surface area contributed by atoms with E-state index in [9.17, 15) is 10.1 Å². The molecular weight excluding hydrogens is 400 g/mol. The number of rotatable bonds is 5. The van der Waals surface area contributed by atoms with E-state index in [0.29, 0.717) is 23.0 Å². The van der Waals surface area contributed by atoms with Gasteiger partial charge in [0.25, 0.3) is 5.56 Å². The number of nitriles is 1. The first kappa shape index (κ1) is 21.9. The first-order valence-electron chi connectivity index (χ1n) is 11.3. The maximum absolute atomic E-state index is 12.6. The molecule has 2 aromatic heterocycles. The van der Waals surface area contributed by atoms with Crippen molar-refractivity contribution in [1.82, 2.24) is 9.55 Å². The molecule has 1 fully saturated rings. The molecule has 1 aromatic carbocycles. The molecule has 3 aromatic rings. The van der Waals surface area contributed by atoms with Crippen molar-refractivity contribution < 1.29 is 4.74 Å². The van der Waals surface area contributed by atoms with Crippen LogP contribution in [-0.4, -0.2) is 28.7 Å². The minimum atomic E-state index is -0.0732. The summed E-state index contributed by atoms with van der Waals surface area (Å²) in [6, 6.07) is 15.6. The van der Waals surface area contributed by atoms with E-state index < -0.39 is 0 Å². The summed E-state index contributed by atoms with van der Waals surface area (Å²) >= 11 is 0. The predicted molar refractivity (Wildman–Crippen MR) is 127 cm³/mol. The van der Waals surface area contributed by atoms with Gasteiger partial charge >= 0.3 is 0 Å². The highest BCUT2D eigenvalue weighted by atomic mass is 16.5. The second-order valence-electron chi connectivity index (χ2n) is 8.89. The number of fused-ring (bicyclic) bond motifs is 1. The summed E-state index contributed by atoms with van der Waals surface area (Å²) in [5, 5.41) is 9.32. The number of benzene rings is 1. The molecule has 0 radical (unpaired) electrons. The Bertz CT molecular complexity index is 1220. The summed E-state index contributed by atoms with van der Waals surface area (Å²) in [5.74, 6) is 1.71. The molecular formula is C26H30N4O2. The number of aryl methyl sites for hydroxylation is 1. The maximum atomic E-state index is 12.6. The van der Waals surface area contributed by atoms with Crippen molar-refractivity contribution in [2.45, 2.75) is 45.6 Å². The van der Waals surface area contributed by atoms with Gasteiger partial charge in [0.2, 0.25) is 0 Å². The standard InChI is InChI=1S/C26H30N4O2/c1-5-18-16-30(12-11-24(18)32-21-8-6-7-19(13-21)17(2)3)23-14-25(31)29(4)22-10-9-20(15-27)28-26(22)23/h6-10,13-14,17-18,24H,5,11-12,16H2,1-4H3/t18-,24+/m1/s1. The van der Waals surface area contributed by atoms with Gasteiger partial charge in [0.05, 0.1) is 11.2 Å². The lowest BCUT2D eigenvalue weighted by Crippen LogP contribution is -2.46. The third kappa shape index (κ3) is 4.20. The molecule has 0 unspecified atom stereocenters. The molecule has 4 rings (SSSR count). The number of anilines is 1. The van der Waals surface area contributed by atoms with Gasteiger partial charge in [-0.05, 0) is 42.2 Å². The highest BCUT2D eigenvalue weighted by Gasteiger charge is 2.31. The van der Waals surface area contributed by atoms with Crippen molar-refractivity contribution in [2.75, 3.05) is 18.0 Å². The van der Waals surface area contributed by atoms with Crippen LogP contribution in [-0.2, 0) is 7.05 Å². The number of nitrogens with zero attached hydrogens (tertiary/aromatic N) is 4. The fourth-order valence-corrected chi connectivity index (χ4v) is 4.51. The fraction of sp³-hybridized carbons (Fsp3) is 0.423. The first-order valence-corrected chi connectivity index (χ1v) is 11.3. The van der Waals surface area contributed by atoms with Crippen LogP contribution in [0.25, 0.3) is 11.0 Å². The van der Waals surface area contributed by atoms with Crippen LogP contribution >= 0.6 is 0 Å². The summed E-state index contributed by atoms with van der Waals surface area (Å²) < 4.78 is 8.03. The topological polar surface area (TPSA) is 71.2 Å². The van der Waals surface area contributed by atoms with Gasteiger partial charge in [-0.2, -0.15) is 5.26 Å². The third-order valence-electron chi connectivity index (χ3n) is 6.52. The molecule has 0 spiro atoms. The van der Waals surface area contributed by atoms with Crippen LogP contribution < -0.4 is 15.2 Å². The smallest absolute Gasteiger partial charge is 0.252 e. The van der Waals surface area contributed by atoms with Gasteiger partial charge in [-0.1, -0.05) is 32.9 Å². The van der Waals surface area contributed by atoms with Crippen molar-refractivity contribution in [3.63, 3.8) is 0 Å². The molecule has 3 heterocycles. The van der Waals surface area contributed by atoms with Crippen LogP contribution in [0.5, 0.6) is 5.75 Å². The van der Waals surface area contributed by atoms with Crippen molar-refractivity contribution in [1.29, 1.82) is 5.26 Å². The largest absolute Gasteiger partial charge is 0.490 e. The molecule has 2 atom stereocenters. The SMILES string of the molecule is CC[C@@H]1CN(c2cc(=O)n(C)c3ccc(C#N)nc23)CC[C@@H]1Oc1cccc(C(C)C)c1. The normalized spacial score (nSPS) is 18.7. The zero-order chi connectivity index (χ0) is 22.8. The van der Waals surface area contributed by atoms with E-state index in [1.807, 2.05) is 6.07 Å². The molecule has 32 heavy (non-hydrogen) atoms. The van der Waals surface area contributed by atoms with E-state index in [1.54, 1.807) is 29.8 Å². The molecule has 166 valence electrons. The Morgan fingerprint density at radius 3 is 2.78 bits per heavy atom. The van der Waals surface area contributed by atoms with Gasteiger partial charge < -0.3 is 14.2 Å². The molecule has 0 N–H and O–H groups in total. The van der Waals surface area contributed by atoms with Gasteiger partial charge in [0.15, 0.2) is 0 Å². The Labute approximate surface area is 189 Å². The van der Waals surface area contributed by atoms with Crippen LogP contribution in [0.2, 0.25) is 0 Å². The third-order valence-corrected chi connectivity index (χ3v) is 6.52. The number of aromatic nitrogens is 2. The van der Waals surface area contributed by atoms with Crippen LogP contribution in [0.4, 0.5) is 5.69 Å². The van der Waals surface area contributed by atoms with Crippen molar-refractivity contribution in [3.05, 3.63) is 64.1 Å². The number of piperidine rings is 1. The van der Waals surface area contributed by atoms with Crippen molar-refractivity contribution in [2.24, 2.45) is 13.0 Å². The highest BCUT2D eigenvalue weighted by Crippen LogP contribution is 2.32. The summed E-state index contributed by atoms with van der Waals surface area (Å²) in [6.45, 7) is 8.11. The van der Waals surface area contributed by atoms with Gasteiger partial charge in [0.1, 0.15) is 29.1 Å². The van der Waals surface area contributed by atoms with Gasteiger partial charge in [0, 0.05) is 38.5 Å². The summed E-state index contributed by atoms with van der Waals surface area (Å²) in [7, 11) is 1.74. The van der Waals surface area contributed by atoms with Crippen LogP contribution in [0.1, 0.15) is 50.8 Å². The molecule has 0 saturated carbocycles. The molecule has 0 amide bonds. The minimum absolute atomic E-state index is 0.0732. The zero-order valence-corrected chi connectivity index (χ0v) is 19.2. The van der Waals surface area contributed by atoms with E-state index >= 15 is 0 Å². The molecule has 0 aliphatic carbocycles. The molecule has 1 aliphatic heterocycles. The second-order valence-corrected chi connectivity index (χ2v) is 8.89. The number of pyridine rings is 2. The average Bonchev–Trinajstić information content (AvgIpc) is 2.81. The summed E-state index contributed by atoms with van der Waals surface area (Å²) in [6.07, 6.45) is 1.96. The summed E-state index contributed by atoms with van der Waals surface area (Å²) in [5.41, 5.74) is 3.80. The lowest BCUT2D eigenvalue weighted by atomic mass is 9.91. The van der Waals surface area contributed by atoms with E-state index in [1.165, 1.54) is 5.56 Å². The number of hydrogen-bond acceptors (Lipinski definition) is 5. The quantitative estimate of drug-likeness (QED) is 0.591. The predicted octanol–water partition coefficient (Wildman–Crippen LogP) is 4.61. The molecule has 1 saturated heterocycles. The van der Waals surface area contributed by atoms with Gasteiger partial charge in [-0.25, -0.2) is 4.98 Å². The maximum Gasteiger partial charge on any atom is 0.252 e. The fourth-order valence-electron chi connectivity index (χ4n) is 4.51. The Morgan fingerprint density at radius 1 is 1.25 bits per heavy atom. The molecule has 1 aliphatic rings. The lowest BCUT2D eigenvalue weighted by molar-refractivity contribution is 0.109. The second kappa shape index (κ2) is 9.04. The Morgan fingerprint density at radius 2 is 2.06 bits per heavy atom. The number of ether oxygens (including phenoxy) is 1. The van der Waals surface area contributed by atoms with Crippen molar-refractivity contribution in [3.8, 4) is 11.8 Å².